The van der Waals surface area contributed by atoms with Gasteiger partial charge in [0.2, 0.25) is 0 Å². The molecule has 4 rings (SSSR count). The molecule has 1 aliphatic rings. The summed E-state index contributed by atoms with van der Waals surface area (Å²) in [4.78, 5) is 3.52. The monoisotopic (exact) mass is 432 g/mol. The van der Waals surface area contributed by atoms with Crippen LogP contribution in [-0.2, 0) is 10.1 Å². The number of ether oxygens (including phenoxy) is 1. The molecule has 2 aromatic carbocycles. The Morgan fingerprint density at radius 2 is 1.83 bits per heavy atom. The molecular formula is C21H21ClN2O4S. The van der Waals surface area contributed by atoms with E-state index in [1.54, 1.807) is 30.6 Å². The van der Waals surface area contributed by atoms with Crippen molar-refractivity contribution in [2.24, 2.45) is 0 Å². The van der Waals surface area contributed by atoms with Crippen molar-refractivity contribution in [3.05, 3.63) is 83.1 Å². The predicted octanol–water partition coefficient (Wildman–Crippen LogP) is 4.46. The molecular weight excluding hydrogens is 412 g/mol. The summed E-state index contributed by atoms with van der Waals surface area (Å²) in [6.45, 7) is 3.56. The van der Waals surface area contributed by atoms with Crippen LogP contribution in [0.2, 0.25) is 5.02 Å². The molecule has 0 unspecified atom stereocenters. The summed E-state index contributed by atoms with van der Waals surface area (Å²) < 4.78 is 38.0. The van der Waals surface area contributed by atoms with Crippen molar-refractivity contribution in [1.29, 1.82) is 0 Å². The topological polar surface area (TPSA) is 88.5 Å². The maximum absolute atomic E-state index is 11.5. The van der Waals surface area contributed by atoms with Crippen LogP contribution in [0.3, 0.4) is 0 Å². The Bertz CT molecular complexity index is 1040. The van der Waals surface area contributed by atoms with Gasteiger partial charge in [-0.1, -0.05) is 23.7 Å². The van der Waals surface area contributed by atoms with Gasteiger partial charge in [-0.15, -0.1) is 0 Å². The minimum absolute atomic E-state index is 0.0763. The van der Waals surface area contributed by atoms with E-state index in [1.807, 2.05) is 37.3 Å². The highest BCUT2D eigenvalue weighted by atomic mass is 35.5. The standard InChI is InChI=1S/C16H16ClNO4S.C5H5N/c1-10-2-3-16(23(19,20)21)15(4-10)22-14-6-11(5-13(17)7-14)12-8-18-9-12;1-2-4-6-5-3-1/h2-7,12,18H,8-9H2,1H3,(H,19,20,21);1-5H. The molecule has 152 valence electrons. The van der Waals surface area contributed by atoms with Gasteiger partial charge in [-0.05, 0) is 60.5 Å². The summed E-state index contributed by atoms with van der Waals surface area (Å²) in [5.41, 5.74) is 1.85. The van der Waals surface area contributed by atoms with Crippen LogP contribution in [-0.4, -0.2) is 31.0 Å². The van der Waals surface area contributed by atoms with Crippen LogP contribution in [0.5, 0.6) is 11.5 Å². The molecule has 1 aliphatic heterocycles. The summed E-state index contributed by atoms with van der Waals surface area (Å²) in [7, 11) is -4.37. The van der Waals surface area contributed by atoms with Crippen molar-refractivity contribution in [3.8, 4) is 11.5 Å². The Morgan fingerprint density at radius 3 is 2.34 bits per heavy atom. The molecule has 29 heavy (non-hydrogen) atoms. The summed E-state index contributed by atoms with van der Waals surface area (Å²) in [5, 5.41) is 3.71. The molecule has 6 nitrogen and oxygen atoms in total. The predicted molar refractivity (Wildman–Crippen MR) is 112 cm³/mol. The second-order valence-corrected chi connectivity index (χ2v) is 8.45. The van der Waals surface area contributed by atoms with E-state index >= 15 is 0 Å². The third kappa shape index (κ3) is 6.01. The molecule has 0 atom stereocenters. The van der Waals surface area contributed by atoms with Gasteiger partial charge in [0, 0.05) is 36.4 Å². The van der Waals surface area contributed by atoms with Crippen LogP contribution < -0.4 is 10.1 Å². The van der Waals surface area contributed by atoms with Gasteiger partial charge in [-0.25, -0.2) is 0 Å². The fraction of sp³-hybridized carbons (Fsp3) is 0.190. The summed E-state index contributed by atoms with van der Waals surface area (Å²) >= 11 is 6.13. The maximum atomic E-state index is 11.5. The molecule has 2 N–H and O–H groups in total. The molecule has 0 bridgehead atoms. The van der Waals surface area contributed by atoms with Crippen molar-refractivity contribution in [1.82, 2.24) is 10.3 Å². The van der Waals surface area contributed by atoms with Crippen LogP contribution in [0.25, 0.3) is 0 Å². The summed E-state index contributed by atoms with van der Waals surface area (Å²) in [5.74, 6) is 0.886. The summed E-state index contributed by atoms with van der Waals surface area (Å²) in [6, 6.07) is 15.5. The van der Waals surface area contributed by atoms with Crippen LogP contribution in [0.4, 0.5) is 0 Å². The highest BCUT2D eigenvalue weighted by Gasteiger charge is 2.21. The van der Waals surface area contributed by atoms with E-state index in [4.69, 9.17) is 16.3 Å². The molecule has 1 fully saturated rings. The van der Waals surface area contributed by atoms with Gasteiger partial charge in [0.05, 0.1) is 0 Å². The quantitative estimate of drug-likeness (QED) is 0.592. The van der Waals surface area contributed by atoms with Crippen molar-refractivity contribution in [2.45, 2.75) is 17.7 Å². The van der Waals surface area contributed by atoms with Gasteiger partial charge >= 0.3 is 0 Å². The Hall–Kier alpha value is -2.45. The van der Waals surface area contributed by atoms with E-state index in [0.717, 1.165) is 24.2 Å². The molecule has 0 amide bonds. The SMILES string of the molecule is Cc1ccc(S(=O)(=O)O)c(Oc2cc(Cl)cc(C3CNC3)c2)c1.c1ccncc1. The Balaban J connectivity index is 0.000000343. The molecule has 3 aromatic rings. The van der Waals surface area contributed by atoms with Gasteiger partial charge in [-0.3, -0.25) is 9.54 Å². The number of hydrogen-bond donors (Lipinski definition) is 2. The minimum Gasteiger partial charge on any atom is -0.456 e. The normalized spacial score (nSPS) is 13.8. The summed E-state index contributed by atoms with van der Waals surface area (Å²) in [6.07, 6.45) is 3.50. The number of benzene rings is 2. The van der Waals surface area contributed by atoms with Crippen LogP contribution in [0, 0.1) is 6.92 Å². The molecule has 0 saturated carbocycles. The fourth-order valence-electron chi connectivity index (χ4n) is 2.75. The molecule has 0 aliphatic carbocycles. The molecule has 0 spiro atoms. The largest absolute Gasteiger partial charge is 0.456 e. The van der Waals surface area contributed by atoms with Crippen LogP contribution in [0.15, 0.2) is 71.9 Å². The maximum Gasteiger partial charge on any atom is 0.298 e. The number of hydrogen-bond acceptors (Lipinski definition) is 5. The number of halogens is 1. The number of nitrogens with one attached hydrogen (secondary N) is 1. The number of aromatic nitrogens is 1. The third-order valence-electron chi connectivity index (χ3n) is 4.32. The second kappa shape index (κ2) is 9.37. The van der Waals surface area contributed by atoms with Crippen molar-refractivity contribution in [2.75, 3.05) is 13.1 Å². The molecule has 1 aromatic heterocycles. The number of aryl methyl sites for hydroxylation is 1. The second-order valence-electron chi connectivity index (χ2n) is 6.63. The first-order valence-corrected chi connectivity index (χ1v) is 10.8. The van der Waals surface area contributed by atoms with Gasteiger partial charge in [0.1, 0.15) is 16.4 Å². The lowest BCUT2D eigenvalue weighted by Crippen LogP contribution is -2.39. The zero-order chi connectivity index (χ0) is 20.9. The van der Waals surface area contributed by atoms with Gasteiger partial charge in [0.25, 0.3) is 10.1 Å². The van der Waals surface area contributed by atoms with E-state index in [2.05, 4.69) is 10.3 Å². The number of rotatable bonds is 4. The zero-order valence-corrected chi connectivity index (χ0v) is 17.3. The highest BCUT2D eigenvalue weighted by molar-refractivity contribution is 7.86. The van der Waals surface area contributed by atoms with E-state index in [-0.39, 0.29) is 10.6 Å². The van der Waals surface area contributed by atoms with Crippen molar-refractivity contribution < 1.29 is 17.7 Å². The number of pyridine rings is 1. The fourth-order valence-corrected chi connectivity index (χ4v) is 3.58. The first kappa shape index (κ1) is 21.3. The minimum atomic E-state index is -4.37. The van der Waals surface area contributed by atoms with Crippen molar-refractivity contribution >= 4 is 21.7 Å². The lowest BCUT2D eigenvalue weighted by molar-refractivity contribution is 0.437. The molecule has 2 heterocycles. The molecule has 0 radical (unpaired) electrons. The van der Waals surface area contributed by atoms with Crippen LogP contribution >= 0.6 is 11.6 Å². The highest BCUT2D eigenvalue weighted by Crippen LogP contribution is 2.34. The van der Waals surface area contributed by atoms with E-state index < -0.39 is 10.1 Å². The average molecular weight is 433 g/mol. The Labute approximate surface area is 175 Å². The Kier molecular flexibility index (Phi) is 6.87. The smallest absolute Gasteiger partial charge is 0.298 e. The number of nitrogens with zero attached hydrogens (tertiary/aromatic N) is 1. The van der Waals surface area contributed by atoms with Crippen molar-refractivity contribution in [3.63, 3.8) is 0 Å². The first-order chi connectivity index (χ1) is 13.8. The lowest BCUT2D eigenvalue weighted by atomic mass is 9.94. The van der Waals surface area contributed by atoms with Gasteiger partial charge < -0.3 is 10.1 Å². The van der Waals surface area contributed by atoms with E-state index in [0.29, 0.717) is 16.7 Å². The van der Waals surface area contributed by atoms with Gasteiger partial charge in [-0.2, -0.15) is 8.42 Å². The van der Waals surface area contributed by atoms with E-state index in [9.17, 15) is 13.0 Å². The third-order valence-corrected chi connectivity index (χ3v) is 5.43. The van der Waals surface area contributed by atoms with E-state index in [1.165, 1.54) is 6.07 Å². The average Bonchev–Trinajstić information content (AvgIpc) is 2.61. The molecule has 1 saturated heterocycles. The zero-order valence-electron chi connectivity index (χ0n) is 15.7. The Morgan fingerprint density at radius 1 is 1.10 bits per heavy atom. The first-order valence-electron chi connectivity index (χ1n) is 8.95. The van der Waals surface area contributed by atoms with Crippen LogP contribution in [0.1, 0.15) is 17.0 Å². The molecule has 8 heteroatoms. The lowest BCUT2D eigenvalue weighted by Gasteiger charge is -2.28. The van der Waals surface area contributed by atoms with Gasteiger partial charge in [0.15, 0.2) is 0 Å².